The molecule has 0 aliphatic heterocycles. The zero-order valence-corrected chi connectivity index (χ0v) is 30.0. The number of allylic oxidation sites excluding steroid dienone is 4. The van der Waals surface area contributed by atoms with Gasteiger partial charge in [-0.1, -0.05) is 160 Å². The van der Waals surface area contributed by atoms with E-state index in [0.29, 0.717) is 12.8 Å². The van der Waals surface area contributed by atoms with Gasteiger partial charge in [-0.3, -0.25) is 4.79 Å². The zero-order chi connectivity index (χ0) is 33.1. The van der Waals surface area contributed by atoms with E-state index in [2.05, 4.69) is 43.5 Å². The number of hydrogen-bond donors (Lipinski definition) is 4. The van der Waals surface area contributed by atoms with Crippen LogP contribution in [0.15, 0.2) is 24.3 Å². The molecule has 0 aliphatic carbocycles. The average Bonchev–Trinajstić information content (AvgIpc) is 3.04. The number of rotatable bonds is 35. The molecule has 3 atom stereocenters. The fourth-order valence-corrected chi connectivity index (χ4v) is 5.91. The first-order valence-corrected chi connectivity index (χ1v) is 19.6. The number of hydrogen-bond acceptors (Lipinski definition) is 4. The molecule has 0 rings (SSSR count). The van der Waals surface area contributed by atoms with Crippen molar-refractivity contribution in [3.63, 3.8) is 0 Å². The van der Waals surface area contributed by atoms with E-state index in [9.17, 15) is 20.1 Å². The molecule has 0 aromatic heterocycles. The summed E-state index contributed by atoms with van der Waals surface area (Å²) >= 11 is 0. The molecular formula is C40H77NO4. The van der Waals surface area contributed by atoms with E-state index >= 15 is 0 Å². The summed E-state index contributed by atoms with van der Waals surface area (Å²) in [6.07, 6.45) is 41.4. The third-order valence-corrected chi connectivity index (χ3v) is 9.03. The Morgan fingerprint density at radius 2 is 0.911 bits per heavy atom. The fraction of sp³-hybridized carbons (Fsp3) is 0.875. The van der Waals surface area contributed by atoms with Crippen molar-refractivity contribution in [2.24, 2.45) is 0 Å². The number of unbranched alkanes of at least 4 members (excludes halogenated alkanes) is 23. The normalized spacial score (nSPS) is 14.0. The molecule has 0 saturated carbocycles. The predicted octanol–water partition coefficient (Wildman–Crippen LogP) is 10.7. The second-order valence-electron chi connectivity index (χ2n) is 13.5. The summed E-state index contributed by atoms with van der Waals surface area (Å²) in [6.45, 7) is 4.11. The summed E-state index contributed by atoms with van der Waals surface area (Å²) < 4.78 is 0. The smallest absolute Gasteiger partial charge is 0.220 e. The molecular weight excluding hydrogens is 558 g/mol. The van der Waals surface area contributed by atoms with Gasteiger partial charge in [-0.15, -0.1) is 0 Å². The number of amides is 1. The lowest BCUT2D eigenvalue weighted by molar-refractivity contribution is -0.124. The molecule has 4 N–H and O–H groups in total. The highest BCUT2D eigenvalue weighted by Gasteiger charge is 2.26. The second-order valence-corrected chi connectivity index (χ2v) is 13.5. The Balaban J connectivity index is 3.68. The van der Waals surface area contributed by atoms with Gasteiger partial charge < -0.3 is 20.6 Å². The minimum absolute atomic E-state index is 0.166. The van der Waals surface area contributed by atoms with E-state index in [1.807, 2.05) is 0 Å². The molecule has 5 heteroatoms. The monoisotopic (exact) mass is 636 g/mol. The molecule has 0 radical (unpaired) electrons. The van der Waals surface area contributed by atoms with Gasteiger partial charge in [0, 0.05) is 6.42 Å². The topological polar surface area (TPSA) is 89.8 Å². The highest BCUT2D eigenvalue weighted by atomic mass is 16.3. The quantitative estimate of drug-likeness (QED) is 0.0412. The van der Waals surface area contributed by atoms with Gasteiger partial charge in [-0.05, 0) is 57.8 Å². The van der Waals surface area contributed by atoms with Gasteiger partial charge in [0.25, 0.3) is 0 Å². The highest BCUT2D eigenvalue weighted by Crippen LogP contribution is 2.15. The summed E-state index contributed by atoms with van der Waals surface area (Å²) in [5.41, 5.74) is 0. The Morgan fingerprint density at radius 1 is 0.533 bits per heavy atom. The van der Waals surface area contributed by atoms with Gasteiger partial charge in [0.2, 0.25) is 5.91 Å². The summed E-state index contributed by atoms with van der Waals surface area (Å²) in [5.74, 6) is -0.166. The maximum absolute atomic E-state index is 12.3. The summed E-state index contributed by atoms with van der Waals surface area (Å²) in [6, 6.07) is -0.826. The van der Waals surface area contributed by atoms with E-state index in [1.54, 1.807) is 0 Å². The fourth-order valence-electron chi connectivity index (χ4n) is 5.91. The van der Waals surface area contributed by atoms with E-state index < -0.39 is 18.2 Å². The van der Waals surface area contributed by atoms with Crippen molar-refractivity contribution in [2.45, 2.75) is 218 Å². The first-order valence-electron chi connectivity index (χ1n) is 19.6. The van der Waals surface area contributed by atoms with E-state index in [4.69, 9.17) is 0 Å². The molecule has 0 fully saturated rings. The van der Waals surface area contributed by atoms with Crippen molar-refractivity contribution < 1.29 is 20.1 Å². The van der Waals surface area contributed by atoms with E-state index in [-0.39, 0.29) is 12.5 Å². The summed E-state index contributed by atoms with van der Waals surface area (Å²) in [7, 11) is 0. The molecule has 0 saturated heterocycles. The standard InChI is InChI=1S/C40H77NO4/c1-3-5-7-9-11-13-15-16-17-18-19-20-21-22-23-25-26-28-30-32-34-38(43)40(45)37(36-42)41-39(44)35-33-31-29-27-24-14-12-10-8-6-4-2/h10,12,26,28,37-38,40,42-43,45H,3-9,11,13-25,27,29-36H2,1-2H3,(H,41,44)/b12-10-,28-26+. The van der Waals surface area contributed by atoms with Crippen LogP contribution in [0.1, 0.15) is 200 Å². The van der Waals surface area contributed by atoms with Crippen LogP contribution in [0, 0.1) is 0 Å². The van der Waals surface area contributed by atoms with Gasteiger partial charge >= 0.3 is 0 Å². The molecule has 45 heavy (non-hydrogen) atoms. The van der Waals surface area contributed by atoms with Crippen molar-refractivity contribution in [1.29, 1.82) is 0 Å². The third-order valence-electron chi connectivity index (χ3n) is 9.03. The van der Waals surface area contributed by atoms with Crippen LogP contribution < -0.4 is 5.32 Å². The third kappa shape index (κ3) is 31.2. The molecule has 3 unspecified atom stereocenters. The van der Waals surface area contributed by atoms with Gasteiger partial charge in [-0.25, -0.2) is 0 Å². The van der Waals surface area contributed by atoms with Crippen molar-refractivity contribution in [2.75, 3.05) is 6.61 Å². The van der Waals surface area contributed by atoms with Crippen LogP contribution in [-0.2, 0) is 4.79 Å². The van der Waals surface area contributed by atoms with Crippen LogP contribution in [0.4, 0.5) is 0 Å². The lowest BCUT2D eigenvalue weighted by atomic mass is 10.0. The average molecular weight is 636 g/mol. The molecule has 0 aromatic carbocycles. The number of nitrogens with one attached hydrogen (secondary N) is 1. The maximum Gasteiger partial charge on any atom is 0.220 e. The summed E-state index contributed by atoms with van der Waals surface area (Å²) in [5, 5.41) is 33.3. The zero-order valence-electron chi connectivity index (χ0n) is 30.0. The van der Waals surface area contributed by atoms with E-state index in [0.717, 1.165) is 44.9 Å². The predicted molar refractivity (Wildman–Crippen MR) is 195 cm³/mol. The molecule has 0 heterocycles. The molecule has 1 amide bonds. The first-order chi connectivity index (χ1) is 22.1. The number of carbonyl (C=O) groups is 1. The Morgan fingerprint density at radius 3 is 1.36 bits per heavy atom. The number of carbonyl (C=O) groups excluding carboxylic acids is 1. The first kappa shape index (κ1) is 43.8. The molecule has 0 bridgehead atoms. The Labute approximate surface area is 280 Å². The van der Waals surface area contributed by atoms with Gasteiger partial charge in [-0.2, -0.15) is 0 Å². The largest absolute Gasteiger partial charge is 0.394 e. The van der Waals surface area contributed by atoms with Crippen molar-refractivity contribution in [1.82, 2.24) is 5.32 Å². The van der Waals surface area contributed by atoms with Crippen molar-refractivity contribution >= 4 is 5.91 Å². The Hall–Kier alpha value is -1.17. The van der Waals surface area contributed by atoms with Crippen LogP contribution in [0.2, 0.25) is 0 Å². The minimum atomic E-state index is -1.16. The van der Waals surface area contributed by atoms with Crippen LogP contribution in [0.5, 0.6) is 0 Å². The van der Waals surface area contributed by atoms with Gasteiger partial charge in [0.15, 0.2) is 0 Å². The molecule has 0 spiro atoms. The molecule has 0 aliphatic rings. The lowest BCUT2D eigenvalue weighted by Gasteiger charge is -2.26. The highest BCUT2D eigenvalue weighted by molar-refractivity contribution is 5.76. The molecule has 266 valence electrons. The minimum Gasteiger partial charge on any atom is -0.394 e. The van der Waals surface area contributed by atoms with Gasteiger partial charge in [0.1, 0.15) is 6.10 Å². The summed E-state index contributed by atoms with van der Waals surface area (Å²) in [4.78, 5) is 12.3. The van der Waals surface area contributed by atoms with Crippen LogP contribution in [0.3, 0.4) is 0 Å². The van der Waals surface area contributed by atoms with Crippen molar-refractivity contribution in [3.05, 3.63) is 24.3 Å². The maximum atomic E-state index is 12.3. The molecule has 0 aromatic rings. The van der Waals surface area contributed by atoms with Crippen LogP contribution in [-0.4, -0.2) is 46.1 Å². The molecule has 5 nitrogen and oxygen atoms in total. The SMILES string of the molecule is CCCC/C=C\CCCCCCCC(=O)NC(CO)C(O)C(O)CCC/C=C/CCCCCCCCCCCCCCCCC. The van der Waals surface area contributed by atoms with Crippen LogP contribution >= 0.6 is 0 Å². The van der Waals surface area contributed by atoms with Crippen LogP contribution in [0.25, 0.3) is 0 Å². The van der Waals surface area contributed by atoms with Gasteiger partial charge in [0.05, 0.1) is 18.8 Å². The number of aliphatic hydroxyl groups excluding tert-OH is 3. The van der Waals surface area contributed by atoms with Crippen molar-refractivity contribution in [3.8, 4) is 0 Å². The Bertz CT molecular complexity index is 665. The second kappa shape index (κ2) is 35.7. The number of aliphatic hydroxyl groups is 3. The van der Waals surface area contributed by atoms with E-state index in [1.165, 1.54) is 128 Å². The lowest BCUT2D eigenvalue weighted by Crippen LogP contribution is -2.50. The Kier molecular flexibility index (Phi) is 34.8.